The molecule has 2 aromatic rings. The highest BCUT2D eigenvalue weighted by Gasteiger charge is 2.29. The molecular formula is C31H45N3O2. The summed E-state index contributed by atoms with van der Waals surface area (Å²) in [5, 5.41) is 3.68. The Bertz CT molecular complexity index is 999. The SMILES string of the molecule is CCOCc1cccc(NC2CCC(C(=O)N(C)c3ccc(CN4CCC[C@@H](C)C4)c(C)c3)CC2)c1. The number of aryl methyl sites for hydroxylation is 1. The van der Waals surface area contributed by atoms with Gasteiger partial charge in [-0.25, -0.2) is 0 Å². The zero-order valence-corrected chi connectivity index (χ0v) is 22.8. The predicted molar refractivity (Wildman–Crippen MR) is 149 cm³/mol. The summed E-state index contributed by atoms with van der Waals surface area (Å²) in [5.74, 6) is 1.15. The fraction of sp³-hybridized carbons (Fsp3) is 0.581. The van der Waals surface area contributed by atoms with Crippen LogP contribution in [0.1, 0.15) is 69.1 Å². The van der Waals surface area contributed by atoms with Gasteiger partial charge in [0.05, 0.1) is 6.61 Å². The monoisotopic (exact) mass is 491 g/mol. The number of ether oxygens (including phenoxy) is 1. The minimum Gasteiger partial charge on any atom is -0.382 e. The van der Waals surface area contributed by atoms with Crippen LogP contribution in [-0.2, 0) is 22.7 Å². The quantitative estimate of drug-likeness (QED) is 0.441. The number of likely N-dealkylation sites (tertiary alicyclic amines) is 1. The lowest BCUT2D eigenvalue weighted by Crippen LogP contribution is -2.37. The number of anilines is 2. The van der Waals surface area contributed by atoms with Gasteiger partial charge in [0, 0.05) is 50.1 Å². The molecule has 0 radical (unpaired) electrons. The number of carbonyl (C=O) groups excluding carboxylic acids is 1. The zero-order valence-electron chi connectivity index (χ0n) is 22.8. The van der Waals surface area contributed by atoms with E-state index in [0.29, 0.717) is 12.6 Å². The van der Waals surface area contributed by atoms with Crippen molar-refractivity contribution in [2.24, 2.45) is 11.8 Å². The molecule has 1 amide bonds. The van der Waals surface area contributed by atoms with Gasteiger partial charge in [-0.3, -0.25) is 9.69 Å². The van der Waals surface area contributed by atoms with Crippen molar-refractivity contribution < 1.29 is 9.53 Å². The predicted octanol–water partition coefficient (Wildman–Crippen LogP) is 6.40. The summed E-state index contributed by atoms with van der Waals surface area (Å²) in [6.45, 7) is 11.3. The van der Waals surface area contributed by atoms with E-state index in [1.165, 1.54) is 42.6 Å². The van der Waals surface area contributed by atoms with E-state index in [9.17, 15) is 4.79 Å². The van der Waals surface area contributed by atoms with E-state index in [4.69, 9.17) is 4.74 Å². The van der Waals surface area contributed by atoms with Gasteiger partial charge in [-0.1, -0.05) is 25.1 Å². The molecule has 5 heteroatoms. The fourth-order valence-electron chi connectivity index (χ4n) is 5.83. The molecular weight excluding hydrogens is 446 g/mol. The third-order valence-electron chi connectivity index (χ3n) is 8.03. The number of benzene rings is 2. The minimum absolute atomic E-state index is 0.104. The summed E-state index contributed by atoms with van der Waals surface area (Å²) in [4.78, 5) is 17.8. The average Bonchev–Trinajstić information content (AvgIpc) is 2.88. The van der Waals surface area contributed by atoms with Crippen molar-refractivity contribution in [2.45, 2.75) is 78.5 Å². The molecule has 0 aromatic heterocycles. The molecule has 2 fully saturated rings. The molecule has 1 heterocycles. The van der Waals surface area contributed by atoms with E-state index in [2.05, 4.69) is 66.5 Å². The lowest BCUT2D eigenvalue weighted by atomic mass is 9.85. The molecule has 1 atom stereocenters. The Kier molecular flexibility index (Phi) is 9.44. The van der Waals surface area contributed by atoms with Crippen LogP contribution in [0, 0.1) is 18.8 Å². The molecule has 1 saturated carbocycles. The second-order valence-electron chi connectivity index (χ2n) is 11.0. The van der Waals surface area contributed by atoms with E-state index < -0.39 is 0 Å². The van der Waals surface area contributed by atoms with E-state index in [0.717, 1.165) is 56.1 Å². The first-order valence-electron chi connectivity index (χ1n) is 14.0. The maximum absolute atomic E-state index is 13.3. The summed E-state index contributed by atoms with van der Waals surface area (Å²) in [5.41, 5.74) is 6.02. The van der Waals surface area contributed by atoms with E-state index >= 15 is 0 Å². The highest BCUT2D eigenvalue weighted by molar-refractivity contribution is 5.94. The van der Waals surface area contributed by atoms with Crippen LogP contribution < -0.4 is 10.2 Å². The Hall–Kier alpha value is -2.37. The molecule has 1 saturated heterocycles. The maximum atomic E-state index is 13.3. The number of amides is 1. The van der Waals surface area contributed by atoms with Gasteiger partial charge < -0.3 is 15.0 Å². The van der Waals surface area contributed by atoms with Gasteiger partial charge >= 0.3 is 0 Å². The van der Waals surface area contributed by atoms with E-state index in [1.54, 1.807) is 0 Å². The summed E-state index contributed by atoms with van der Waals surface area (Å²) in [7, 11) is 1.94. The molecule has 0 unspecified atom stereocenters. The summed E-state index contributed by atoms with van der Waals surface area (Å²) in [6.07, 6.45) is 6.56. The van der Waals surface area contributed by atoms with Crippen LogP contribution in [0.4, 0.5) is 11.4 Å². The van der Waals surface area contributed by atoms with Crippen molar-refractivity contribution in [3.05, 3.63) is 59.2 Å². The lowest BCUT2D eigenvalue weighted by molar-refractivity contribution is -0.123. The second kappa shape index (κ2) is 12.7. The zero-order chi connectivity index (χ0) is 25.5. The highest BCUT2D eigenvalue weighted by Crippen LogP contribution is 2.30. The van der Waals surface area contributed by atoms with Crippen molar-refractivity contribution in [1.29, 1.82) is 0 Å². The number of carbonyl (C=O) groups is 1. The number of piperidine rings is 1. The van der Waals surface area contributed by atoms with Gasteiger partial charge in [0.15, 0.2) is 0 Å². The van der Waals surface area contributed by atoms with Gasteiger partial charge in [0.2, 0.25) is 5.91 Å². The third kappa shape index (κ3) is 7.10. The standard InChI is InChI=1S/C31H45N3O2/c1-5-36-22-25-9-6-10-29(19-25)32-28-14-11-26(12-15-28)31(35)33(4)30-16-13-27(24(3)18-30)21-34-17-7-8-23(2)20-34/h6,9-10,13,16,18-19,23,26,28,32H,5,7-8,11-12,14-15,17,20-22H2,1-4H3/t23-,26?,28?/m1/s1. The van der Waals surface area contributed by atoms with Crippen molar-refractivity contribution in [3.8, 4) is 0 Å². The van der Waals surface area contributed by atoms with Gasteiger partial charge in [0.25, 0.3) is 0 Å². The lowest BCUT2D eigenvalue weighted by Gasteiger charge is -2.32. The fourth-order valence-corrected chi connectivity index (χ4v) is 5.83. The van der Waals surface area contributed by atoms with Crippen LogP contribution in [0.15, 0.2) is 42.5 Å². The smallest absolute Gasteiger partial charge is 0.229 e. The molecule has 0 bridgehead atoms. The Morgan fingerprint density at radius 1 is 1.11 bits per heavy atom. The number of nitrogens with one attached hydrogen (secondary N) is 1. The largest absolute Gasteiger partial charge is 0.382 e. The number of rotatable bonds is 9. The molecule has 4 rings (SSSR count). The summed E-state index contributed by atoms with van der Waals surface area (Å²) >= 11 is 0. The summed E-state index contributed by atoms with van der Waals surface area (Å²) in [6, 6.07) is 15.5. The number of nitrogens with zero attached hydrogens (tertiary/aromatic N) is 2. The molecule has 5 nitrogen and oxygen atoms in total. The van der Waals surface area contributed by atoms with Crippen molar-refractivity contribution in [1.82, 2.24) is 4.90 Å². The first-order chi connectivity index (χ1) is 17.4. The Balaban J connectivity index is 1.28. The van der Waals surface area contributed by atoms with Crippen LogP contribution in [0.25, 0.3) is 0 Å². The molecule has 1 N–H and O–H groups in total. The molecule has 36 heavy (non-hydrogen) atoms. The van der Waals surface area contributed by atoms with Gasteiger partial charge in [0.1, 0.15) is 0 Å². The molecule has 2 aromatic carbocycles. The van der Waals surface area contributed by atoms with E-state index in [-0.39, 0.29) is 11.8 Å². The molecule has 1 aliphatic heterocycles. The normalized spacial score (nSPS) is 22.8. The second-order valence-corrected chi connectivity index (χ2v) is 11.0. The number of hydrogen-bond acceptors (Lipinski definition) is 4. The van der Waals surface area contributed by atoms with Gasteiger partial charge in [-0.05, 0) is 106 Å². The minimum atomic E-state index is 0.104. The van der Waals surface area contributed by atoms with Crippen LogP contribution >= 0.6 is 0 Å². The van der Waals surface area contributed by atoms with Gasteiger partial charge in [-0.15, -0.1) is 0 Å². The van der Waals surface area contributed by atoms with Crippen LogP contribution in [0.5, 0.6) is 0 Å². The Labute approximate surface area is 218 Å². The van der Waals surface area contributed by atoms with Crippen LogP contribution in [0.3, 0.4) is 0 Å². The van der Waals surface area contributed by atoms with Crippen LogP contribution in [0.2, 0.25) is 0 Å². The molecule has 196 valence electrons. The van der Waals surface area contributed by atoms with Crippen molar-refractivity contribution in [2.75, 3.05) is 37.0 Å². The highest BCUT2D eigenvalue weighted by atomic mass is 16.5. The van der Waals surface area contributed by atoms with Gasteiger partial charge in [-0.2, -0.15) is 0 Å². The maximum Gasteiger partial charge on any atom is 0.229 e. The topological polar surface area (TPSA) is 44.8 Å². The Morgan fingerprint density at radius 3 is 2.64 bits per heavy atom. The average molecular weight is 492 g/mol. The molecule has 2 aliphatic rings. The Morgan fingerprint density at radius 2 is 1.92 bits per heavy atom. The molecule has 0 spiro atoms. The summed E-state index contributed by atoms with van der Waals surface area (Å²) < 4.78 is 5.54. The first-order valence-corrected chi connectivity index (χ1v) is 14.0. The van der Waals surface area contributed by atoms with Crippen molar-refractivity contribution in [3.63, 3.8) is 0 Å². The first kappa shape index (κ1) is 26.7. The molecule has 1 aliphatic carbocycles. The van der Waals surface area contributed by atoms with E-state index in [1.807, 2.05) is 18.9 Å². The van der Waals surface area contributed by atoms with Crippen molar-refractivity contribution >= 4 is 17.3 Å². The number of hydrogen-bond donors (Lipinski definition) is 1. The van der Waals surface area contributed by atoms with Crippen LogP contribution in [-0.4, -0.2) is 43.6 Å². The third-order valence-corrected chi connectivity index (χ3v) is 8.03.